The van der Waals surface area contributed by atoms with E-state index in [2.05, 4.69) is 0 Å². The largest absolute Gasteiger partial charge is 0.416 e. The lowest BCUT2D eigenvalue weighted by Gasteiger charge is -2.16. The van der Waals surface area contributed by atoms with Crippen molar-refractivity contribution in [2.75, 3.05) is 4.90 Å². The van der Waals surface area contributed by atoms with Gasteiger partial charge in [-0.3, -0.25) is 9.59 Å². The van der Waals surface area contributed by atoms with Crippen LogP contribution in [0.2, 0.25) is 0 Å². The fourth-order valence-corrected chi connectivity index (χ4v) is 5.77. The fourth-order valence-electron chi connectivity index (χ4n) is 5.77. The maximum absolute atomic E-state index is 14.0. The van der Waals surface area contributed by atoms with Gasteiger partial charge >= 0.3 is 12.4 Å². The van der Waals surface area contributed by atoms with Gasteiger partial charge in [-0.25, -0.2) is 4.90 Å². The van der Waals surface area contributed by atoms with Gasteiger partial charge in [0.2, 0.25) is 0 Å². The number of hydrogen-bond donors (Lipinski definition) is 0. The molecule has 2 heterocycles. The van der Waals surface area contributed by atoms with E-state index in [9.17, 15) is 35.9 Å². The van der Waals surface area contributed by atoms with E-state index < -0.39 is 35.3 Å². The topological polar surface area (TPSA) is 42.3 Å². The molecule has 10 heteroatoms. The van der Waals surface area contributed by atoms with Gasteiger partial charge in [-0.2, -0.15) is 26.3 Å². The monoisotopic (exact) mass is 600 g/mol. The second kappa shape index (κ2) is 9.57. The molecular weight excluding hydrogens is 582 g/mol. The Hall–Kier alpha value is -5.38. The van der Waals surface area contributed by atoms with Gasteiger partial charge in [0.05, 0.1) is 44.7 Å². The normalized spacial score (nSPS) is 13.7. The zero-order chi connectivity index (χ0) is 31.0. The second-order valence-corrected chi connectivity index (χ2v) is 10.4. The molecular formula is C34H18F6N2O2. The SMILES string of the molecule is O=C1c2cccc(-n3c4cc(C(F)(F)F)ccc4c4ccc(C(F)(F)F)cc43)c2C(=O)N1c1cccc(-c2ccccc2)c1. The molecule has 0 saturated carbocycles. The van der Waals surface area contributed by atoms with Gasteiger partial charge in [-0.15, -0.1) is 0 Å². The molecule has 0 atom stereocenters. The molecule has 1 aromatic heterocycles. The lowest BCUT2D eigenvalue weighted by Crippen LogP contribution is -2.29. The third kappa shape index (κ3) is 4.24. The van der Waals surface area contributed by atoms with Crippen LogP contribution in [0, 0.1) is 0 Å². The van der Waals surface area contributed by atoms with Crippen molar-refractivity contribution in [1.29, 1.82) is 0 Å². The van der Waals surface area contributed by atoms with E-state index >= 15 is 0 Å². The van der Waals surface area contributed by atoms with E-state index in [4.69, 9.17) is 0 Å². The van der Waals surface area contributed by atoms with Gasteiger partial charge in [0.1, 0.15) is 0 Å². The zero-order valence-electron chi connectivity index (χ0n) is 22.4. The number of carbonyl (C=O) groups is 2. The van der Waals surface area contributed by atoms with Crippen molar-refractivity contribution in [2.45, 2.75) is 12.4 Å². The summed E-state index contributed by atoms with van der Waals surface area (Å²) in [5, 5.41) is 0.507. The van der Waals surface area contributed by atoms with Crippen LogP contribution in [0.4, 0.5) is 32.0 Å². The number of benzene rings is 5. The first kappa shape index (κ1) is 27.5. The summed E-state index contributed by atoms with van der Waals surface area (Å²) in [6.07, 6.45) is -9.48. The van der Waals surface area contributed by atoms with Crippen LogP contribution in [0.5, 0.6) is 0 Å². The Labute approximate surface area is 245 Å². The standard InChI is InChI=1S/C34H18F6N2O2/c35-33(36,37)21-12-14-24-25-15-13-22(34(38,39)40)18-29(25)42(28(24)17-21)27-11-5-10-26-30(27)32(44)41(31(26)43)23-9-4-8-20(16-23)19-6-2-1-3-7-19/h1-18H. The minimum atomic E-state index is -4.74. The molecule has 0 bridgehead atoms. The van der Waals surface area contributed by atoms with Gasteiger partial charge in [0.25, 0.3) is 11.8 Å². The summed E-state index contributed by atoms with van der Waals surface area (Å²) in [4.78, 5) is 28.7. The second-order valence-electron chi connectivity index (χ2n) is 10.4. The molecule has 2 amide bonds. The van der Waals surface area contributed by atoms with Gasteiger partial charge in [0, 0.05) is 10.8 Å². The zero-order valence-corrected chi connectivity index (χ0v) is 22.4. The molecule has 0 saturated heterocycles. The van der Waals surface area contributed by atoms with Crippen LogP contribution in [-0.2, 0) is 12.4 Å². The molecule has 4 nitrogen and oxygen atoms in total. The minimum absolute atomic E-state index is 0.0128. The average Bonchev–Trinajstić information content (AvgIpc) is 3.46. The summed E-state index contributed by atoms with van der Waals surface area (Å²) >= 11 is 0. The molecule has 1 aliphatic rings. The Morgan fingerprint density at radius 2 is 1.09 bits per heavy atom. The summed E-state index contributed by atoms with van der Waals surface area (Å²) in [7, 11) is 0. The number of anilines is 1. The third-order valence-electron chi connectivity index (χ3n) is 7.77. The van der Waals surface area contributed by atoms with Crippen molar-refractivity contribution in [3.8, 4) is 16.8 Å². The van der Waals surface area contributed by atoms with E-state index in [0.29, 0.717) is 0 Å². The highest BCUT2D eigenvalue weighted by Gasteiger charge is 2.40. The van der Waals surface area contributed by atoms with E-state index in [1.54, 1.807) is 18.2 Å². The Balaban J connectivity index is 1.46. The predicted octanol–water partition coefficient (Wildman–Crippen LogP) is 9.29. The highest BCUT2D eigenvalue weighted by atomic mass is 19.4. The molecule has 7 rings (SSSR count). The lowest BCUT2D eigenvalue weighted by molar-refractivity contribution is -0.138. The Kier molecular flexibility index (Phi) is 5.97. The molecule has 0 fully saturated rings. The molecule has 218 valence electrons. The van der Waals surface area contributed by atoms with Gasteiger partial charge in [-0.1, -0.05) is 60.7 Å². The summed E-state index contributed by atoms with van der Waals surface area (Å²) in [5.41, 5.74) is -0.466. The van der Waals surface area contributed by atoms with Gasteiger partial charge in [0.15, 0.2) is 0 Å². The van der Waals surface area contributed by atoms with E-state index in [1.165, 1.54) is 34.9 Å². The summed E-state index contributed by atoms with van der Waals surface area (Å²) < 4.78 is 83.9. The highest BCUT2D eigenvalue weighted by Crippen LogP contribution is 2.42. The Morgan fingerprint density at radius 1 is 0.523 bits per heavy atom. The summed E-state index contributed by atoms with van der Waals surface area (Å²) in [6.45, 7) is 0. The van der Waals surface area contributed by atoms with Crippen molar-refractivity contribution < 1.29 is 35.9 Å². The molecule has 0 unspecified atom stereocenters. The number of carbonyl (C=O) groups excluding carboxylic acids is 2. The number of aromatic nitrogens is 1. The number of nitrogens with zero attached hydrogens (tertiary/aromatic N) is 2. The summed E-state index contributed by atoms with van der Waals surface area (Å²) in [6, 6.07) is 26.1. The predicted molar refractivity (Wildman–Crippen MR) is 154 cm³/mol. The number of halogens is 6. The summed E-state index contributed by atoms with van der Waals surface area (Å²) in [5.74, 6) is -1.41. The first-order valence-electron chi connectivity index (χ1n) is 13.3. The van der Waals surface area contributed by atoms with Crippen LogP contribution in [0.25, 0.3) is 38.6 Å². The van der Waals surface area contributed by atoms with Crippen molar-refractivity contribution in [3.63, 3.8) is 0 Å². The van der Waals surface area contributed by atoms with Crippen LogP contribution >= 0.6 is 0 Å². The van der Waals surface area contributed by atoms with Crippen LogP contribution < -0.4 is 4.90 Å². The van der Waals surface area contributed by atoms with Crippen molar-refractivity contribution in [2.24, 2.45) is 0 Å². The highest BCUT2D eigenvalue weighted by molar-refractivity contribution is 6.36. The number of amides is 2. The molecule has 0 aliphatic carbocycles. The molecule has 6 aromatic rings. The van der Waals surface area contributed by atoms with E-state index in [0.717, 1.165) is 40.3 Å². The fraction of sp³-hybridized carbons (Fsp3) is 0.0588. The minimum Gasteiger partial charge on any atom is -0.308 e. The smallest absolute Gasteiger partial charge is 0.308 e. The number of alkyl halides is 6. The number of imide groups is 1. The van der Waals surface area contributed by atoms with Crippen molar-refractivity contribution in [1.82, 2.24) is 4.57 Å². The molecule has 0 N–H and O–H groups in total. The van der Waals surface area contributed by atoms with Crippen LogP contribution in [0.15, 0.2) is 109 Å². The molecule has 44 heavy (non-hydrogen) atoms. The van der Waals surface area contributed by atoms with Crippen LogP contribution in [0.3, 0.4) is 0 Å². The first-order valence-corrected chi connectivity index (χ1v) is 13.3. The van der Waals surface area contributed by atoms with Crippen molar-refractivity contribution in [3.05, 3.63) is 131 Å². The molecule has 0 spiro atoms. The average molecular weight is 601 g/mol. The maximum Gasteiger partial charge on any atom is 0.416 e. The van der Waals surface area contributed by atoms with Crippen LogP contribution in [-0.4, -0.2) is 16.4 Å². The quantitative estimate of drug-likeness (QED) is 0.150. The number of rotatable bonds is 3. The molecule has 1 aliphatic heterocycles. The maximum atomic E-state index is 14.0. The number of fused-ring (bicyclic) bond motifs is 4. The van der Waals surface area contributed by atoms with Crippen LogP contribution in [0.1, 0.15) is 31.8 Å². The lowest BCUT2D eigenvalue weighted by atomic mass is 10.0. The first-order chi connectivity index (χ1) is 20.9. The Bertz CT molecular complexity index is 2070. The molecule has 0 radical (unpaired) electrons. The molecule has 5 aromatic carbocycles. The Morgan fingerprint density at radius 3 is 1.68 bits per heavy atom. The van der Waals surface area contributed by atoms with Gasteiger partial charge < -0.3 is 4.57 Å². The van der Waals surface area contributed by atoms with E-state index in [-0.39, 0.29) is 44.3 Å². The van der Waals surface area contributed by atoms with Crippen molar-refractivity contribution >= 4 is 39.3 Å². The van der Waals surface area contributed by atoms with E-state index in [1.807, 2.05) is 36.4 Å². The van der Waals surface area contributed by atoms with Gasteiger partial charge in [-0.05, 0) is 59.7 Å². The third-order valence-corrected chi connectivity index (χ3v) is 7.77. The number of hydrogen-bond acceptors (Lipinski definition) is 2.